The van der Waals surface area contributed by atoms with Gasteiger partial charge in [-0.3, -0.25) is 9.89 Å². The Bertz CT molecular complexity index is 652. The molecule has 0 aliphatic heterocycles. The van der Waals surface area contributed by atoms with E-state index < -0.39 is 0 Å². The first-order valence-electron chi connectivity index (χ1n) is 5.86. The predicted octanol–water partition coefficient (Wildman–Crippen LogP) is 1.79. The Labute approximate surface area is 111 Å². The summed E-state index contributed by atoms with van der Waals surface area (Å²) in [4.78, 5) is 12.0. The number of amides is 1. The van der Waals surface area contributed by atoms with E-state index in [1.165, 1.54) is 0 Å². The van der Waals surface area contributed by atoms with Gasteiger partial charge in [0.15, 0.2) is 5.69 Å². The lowest BCUT2D eigenvalue weighted by atomic mass is 10.2. The molecular formula is C14H14N4O. The average Bonchev–Trinajstić information content (AvgIpc) is 2.80. The number of hydrogen-bond acceptors (Lipinski definition) is 3. The van der Waals surface area contributed by atoms with Gasteiger partial charge in [-0.05, 0) is 24.6 Å². The Balaban J connectivity index is 2.21. The molecule has 19 heavy (non-hydrogen) atoms. The van der Waals surface area contributed by atoms with Crippen LogP contribution in [0.5, 0.6) is 0 Å². The van der Waals surface area contributed by atoms with Crippen LogP contribution in [0.4, 0.5) is 11.4 Å². The van der Waals surface area contributed by atoms with E-state index in [1.54, 1.807) is 24.3 Å². The third-order valence-electron chi connectivity index (χ3n) is 2.74. The first-order chi connectivity index (χ1) is 9.15. The van der Waals surface area contributed by atoms with E-state index in [1.807, 2.05) is 6.92 Å². The number of nitrogens with zero attached hydrogens (tertiary/aromatic N) is 1. The number of H-pyrrole nitrogens is 1. The molecule has 0 saturated carbocycles. The number of nitrogens with one attached hydrogen (secondary N) is 2. The van der Waals surface area contributed by atoms with Gasteiger partial charge in [-0.2, -0.15) is 5.10 Å². The van der Waals surface area contributed by atoms with Gasteiger partial charge in [0.2, 0.25) is 0 Å². The second-order valence-electron chi connectivity index (χ2n) is 4.00. The molecule has 0 bridgehead atoms. The van der Waals surface area contributed by atoms with Crippen molar-refractivity contribution in [3.05, 3.63) is 41.2 Å². The Kier molecular flexibility index (Phi) is 3.53. The minimum absolute atomic E-state index is 0.197. The van der Waals surface area contributed by atoms with E-state index in [4.69, 9.17) is 12.2 Å². The number of nitrogens with two attached hydrogens (primary N) is 1. The van der Waals surface area contributed by atoms with Crippen molar-refractivity contribution >= 4 is 17.3 Å². The first-order valence-corrected chi connectivity index (χ1v) is 5.86. The molecule has 0 unspecified atom stereocenters. The summed E-state index contributed by atoms with van der Waals surface area (Å²) in [5.41, 5.74) is 8.48. The van der Waals surface area contributed by atoms with E-state index in [2.05, 4.69) is 21.4 Å². The fourth-order valence-electron chi connectivity index (χ4n) is 1.71. The lowest BCUT2D eigenvalue weighted by molar-refractivity contribution is 0.102. The molecule has 2 rings (SSSR count). The Morgan fingerprint density at radius 2 is 2.37 bits per heavy atom. The van der Waals surface area contributed by atoms with Gasteiger partial charge in [0.25, 0.3) is 5.91 Å². The lowest BCUT2D eigenvalue weighted by Gasteiger charge is -2.04. The number of hydrogen-bond donors (Lipinski definition) is 3. The molecule has 4 N–H and O–H groups in total. The highest BCUT2D eigenvalue weighted by atomic mass is 16.2. The SMILES string of the molecule is C#Cc1cccc(NC(=O)c2n[nH]c(CC)c2N)c1. The van der Waals surface area contributed by atoms with Crippen LogP contribution < -0.4 is 11.1 Å². The summed E-state index contributed by atoms with van der Waals surface area (Å²) in [6, 6.07) is 7.02. The van der Waals surface area contributed by atoms with E-state index >= 15 is 0 Å². The standard InChI is InChI=1S/C14H14N4O/c1-3-9-6-5-7-10(8-9)16-14(19)13-12(15)11(4-2)17-18-13/h1,5-8H,4,15H2,2H3,(H,16,19)(H,17,18). The second kappa shape index (κ2) is 5.27. The maximum Gasteiger partial charge on any atom is 0.278 e. The van der Waals surface area contributed by atoms with Crippen molar-refractivity contribution < 1.29 is 4.79 Å². The molecule has 2 aromatic rings. The Morgan fingerprint density at radius 1 is 1.58 bits per heavy atom. The molecule has 0 spiro atoms. The van der Waals surface area contributed by atoms with Crippen molar-refractivity contribution in [2.24, 2.45) is 0 Å². The number of benzene rings is 1. The number of rotatable bonds is 3. The zero-order valence-electron chi connectivity index (χ0n) is 10.5. The molecule has 5 nitrogen and oxygen atoms in total. The summed E-state index contributed by atoms with van der Waals surface area (Å²) in [5, 5.41) is 9.38. The van der Waals surface area contributed by atoms with E-state index in [-0.39, 0.29) is 11.6 Å². The van der Waals surface area contributed by atoms with Gasteiger partial charge >= 0.3 is 0 Å². The molecule has 5 heteroatoms. The molecule has 0 aliphatic carbocycles. The highest BCUT2D eigenvalue weighted by Gasteiger charge is 2.16. The van der Waals surface area contributed by atoms with Crippen LogP contribution in [0.2, 0.25) is 0 Å². The van der Waals surface area contributed by atoms with Crippen molar-refractivity contribution in [1.29, 1.82) is 0 Å². The van der Waals surface area contributed by atoms with Crippen molar-refractivity contribution in [3.63, 3.8) is 0 Å². The quantitative estimate of drug-likeness (QED) is 0.730. The van der Waals surface area contributed by atoms with Crippen molar-refractivity contribution in [2.75, 3.05) is 11.1 Å². The highest BCUT2D eigenvalue weighted by Crippen LogP contribution is 2.17. The van der Waals surface area contributed by atoms with Crippen LogP contribution in [-0.4, -0.2) is 16.1 Å². The van der Waals surface area contributed by atoms with E-state index in [0.717, 1.165) is 5.69 Å². The summed E-state index contributed by atoms with van der Waals surface area (Å²) < 4.78 is 0. The van der Waals surface area contributed by atoms with Crippen LogP contribution in [0.1, 0.15) is 28.7 Å². The molecule has 0 radical (unpaired) electrons. The number of carbonyl (C=O) groups excluding carboxylic acids is 1. The van der Waals surface area contributed by atoms with Gasteiger partial charge in [-0.15, -0.1) is 6.42 Å². The van der Waals surface area contributed by atoms with Crippen molar-refractivity contribution in [2.45, 2.75) is 13.3 Å². The minimum atomic E-state index is -0.359. The van der Waals surface area contributed by atoms with Crippen LogP contribution in [0, 0.1) is 12.3 Å². The van der Waals surface area contributed by atoms with Gasteiger partial charge < -0.3 is 11.1 Å². The number of nitrogen functional groups attached to an aromatic ring is 1. The first kappa shape index (κ1) is 12.7. The number of aryl methyl sites for hydroxylation is 1. The minimum Gasteiger partial charge on any atom is -0.395 e. The fraction of sp³-hybridized carbons (Fsp3) is 0.143. The molecule has 1 aromatic carbocycles. The zero-order chi connectivity index (χ0) is 13.8. The molecule has 0 atom stereocenters. The third-order valence-corrected chi connectivity index (χ3v) is 2.74. The van der Waals surface area contributed by atoms with Gasteiger partial charge in [0, 0.05) is 11.3 Å². The van der Waals surface area contributed by atoms with Crippen LogP contribution in [0.15, 0.2) is 24.3 Å². The van der Waals surface area contributed by atoms with Gasteiger partial charge in [0.05, 0.1) is 11.4 Å². The molecule has 0 aliphatic rings. The average molecular weight is 254 g/mol. The number of terminal acetylenes is 1. The maximum absolute atomic E-state index is 12.0. The molecule has 0 fully saturated rings. The van der Waals surface area contributed by atoms with Crippen LogP contribution in [-0.2, 0) is 6.42 Å². The summed E-state index contributed by atoms with van der Waals surface area (Å²) in [6.45, 7) is 1.93. The second-order valence-corrected chi connectivity index (χ2v) is 4.00. The van der Waals surface area contributed by atoms with Crippen LogP contribution in [0.25, 0.3) is 0 Å². The lowest BCUT2D eigenvalue weighted by Crippen LogP contribution is -2.14. The largest absolute Gasteiger partial charge is 0.395 e. The Morgan fingerprint density at radius 3 is 3.00 bits per heavy atom. The summed E-state index contributed by atoms with van der Waals surface area (Å²) in [7, 11) is 0. The smallest absolute Gasteiger partial charge is 0.278 e. The summed E-state index contributed by atoms with van der Waals surface area (Å²) in [6.07, 6.45) is 6.00. The van der Waals surface area contributed by atoms with E-state index in [9.17, 15) is 4.79 Å². The van der Waals surface area contributed by atoms with E-state index in [0.29, 0.717) is 23.4 Å². The summed E-state index contributed by atoms with van der Waals surface area (Å²) in [5.74, 6) is 2.15. The van der Waals surface area contributed by atoms with Crippen molar-refractivity contribution in [3.8, 4) is 12.3 Å². The fourth-order valence-corrected chi connectivity index (χ4v) is 1.71. The molecule has 96 valence electrons. The van der Waals surface area contributed by atoms with Gasteiger partial charge in [-0.1, -0.05) is 18.9 Å². The maximum atomic E-state index is 12.0. The molecule has 1 amide bonds. The molecule has 1 aromatic heterocycles. The monoisotopic (exact) mass is 254 g/mol. The van der Waals surface area contributed by atoms with Crippen LogP contribution in [0.3, 0.4) is 0 Å². The molecule has 0 saturated heterocycles. The topological polar surface area (TPSA) is 83.8 Å². The number of aromatic nitrogens is 2. The Hall–Kier alpha value is -2.74. The number of anilines is 2. The summed E-state index contributed by atoms with van der Waals surface area (Å²) >= 11 is 0. The zero-order valence-corrected chi connectivity index (χ0v) is 10.5. The van der Waals surface area contributed by atoms with Gasteiger partial charge in [0.1, 0.15) is 0 Å². The molecular weight excluding hydrogens is 240 g/mol. The van der Waals surface area contributed by atoms with Crippen LogP contribution >= 0.6 is 0 Å². The number of aromatic amines is 1. The van der Waals surface area contributed by atoms with Crippen molar-refractivity contribution in [1.82, 2.24) is 10.2 Å². The normalized spacial score (nSPS) is 9.89. The molecule has 1 heterocycles. The number of carbonyl (C=O) groups is 1. The highest BCUT2D eigenvalue weighted by molar-refractivity contribution is 6.06. The van der Waals surface area contributed by atoms with Gasteiger partial charge in [-0.25, -0.2) is 0 Å². The third kappa shape index (κ3) is 2.58. The predicted molar refractivity (Wildman–Crippen MR) is 74.7 cm³/mol.